The van der Waals surface area contributed by atoms with Gasteiger partial charge in [0.05, 0.1) is 5.56 Å². The summed E-state index contributed by atoms with van der Waals surface area (Å²) < 4.78 is 46.4. The minimum Gasteiger partial charge on any atom is -0.460 e. The Labute approximate surface area is 153 Å². The summed E-state index contributed by atoms with van der Waals surface area (Å²) in [6, 6.07) is 9.07. The van der Waals surface area contributed by atoms with E-state index in [1.807, 2.05) is 0 Å². The summed E-state index contributed by atoms with van der Waals surface area (Å²) in [5, 5.41) is 0. The number of aromatic nitrogens is 1. The van der Waals surface area contributed by atoms with Gasteiger partial charge in [0.25, 0.3) is 5.56 Å². The molecule has 3 nitrogen and oxygen atoms in total. The molecule has 2 rings (SSSR count). The van der Waals surface area contributed by atoms with Crippen molar-refractivity contribution in [2.75, 3.05) is 6.26 Å². The number of pyridine rings is 1. The summed E-state index contributed by atoms with van der Waals surface area (Å²) in [6.45, 7) is 0. The first kappa shape index (κ1) is 19.0. The average Bonchev–Trinajstić information content (AvgIpc) is 2.53. The maximum atomic E-state index is 13.3. The van der Waals surface area contributed by atoms with Crippen molar-refractivity contribution >= 4 is 44.3 Å². The normalized spacial score (nSPS) is 12.7. The van der Waals surface area contributed by atoms with Gasteiger partial charge in [-0.25, -0.2) is 0 Å². The van der Waals surface area contributed by atoms with Gasteiger partial charge in [-0.05, 0) is 54.9 Å². The highest BCUT2D eigenvalue weighted by molar-refractivity contribution is 9.10. The molecule has 0 saturated heterocycles. The van der Waals surface area contributed by atoms with Gasteiger partial charge in [0, 0.05) is 16.4 Å². The van der Waals surface area contributed by atoms with Gasteiger partial charge < -0.3 is 4.74 Å². The summed E-state index contributed by atoms with van der Waals surface area (Å²) in [6.07, 6.45) is -4.28. The molecular weight excluding hydrogens is 427 g/mol. The van der Waals surface area contributed by atoms with Crippen LogP contribution in [-0.2, 0) is 4.74 Å². The zero-order valence-corrected chi connectivity index (χ0v) is 15.4. The van der Waals surface area contributed by atoms with Crippen LogP contribution in [0.5, 0.6) is 0 Å². The molecule has 1 aromatic carbocycles. The highest BCUT2D eigenvalue weighted by Crippen LogP contribution is 2.35. The zero-order chi connectivity index (χ0) is 17.9. The molecule has 1 heterocycles. The van der Waals surface area contributed by atoms with Gasteiger partial charge in [-0.2, -0.15) is 13.2 Å². The van der Waals surface area contributed by atoms with Crippen LogP contribution >= 0.6 is 39.9 Å². The quantitative estimate of drug-likeness (QED) is 0.641. The molecule has 0 bridgehead atoms. The van der Waals surface area contributed by atoms with Crippen molar-refractivity contribution in [1.29, 1.82) is 0 Å². The number of hydrogen-bond acceptors (Lipinski definition) is 4. The Balaban J connectivity index is 2.53. The van der Waals surface area contributed by atoms with Crippen LogP contribution in [0.4, 0.5) is 13.2 Å². The molecule has 0 radical (unpaired) electrons. The summed E-state index contributed by atoms with van der Waals surface area (Å²) in [5.41, 5.74) is -0.895. The van der Waals surface area contributed by atoms with E-state index in [-0.39, 0.29) is 4.38 Å². The molecule has 0 amide bonds. The van der Waals surface area contributed by atoms with Gasteiger partial charge >= 0.3 is 6.18 Å². The smallest absolute Gasteiger partial charge is 0.429 e. The number of thioether (sulfide) groups is 1. The second kappa shape index (κ2) is 7.71. The maximum Gasteiger partial charge on any atom is 0.429 e. The minimum atomic E-state index is -4.77. The van der Waals surface area contributed by atoms with Crippen molar-refractivity contribution in [3.05, 3.63) is 63.0 Å². The third-order valence-electron chi connectivity index (χ3n) is 3.04. The minimum absolute atomic E-state index is 0.282. The fraction of sp³-hybridized carbons (Fsp3) is 0.200. The monoisotopic (exact) mass is 437 g/mol. The van der Waals surface area contributed by atoms with Crippen molar-refractivity contribution in [2.45, 2.75) is 12.3 Å². The van der Waals surface area contributed by atoms with Crippen LogP contribution in [-0.4, -0.2) is 21.4 Å². The van der Waals surface area contributed by atoms with Crippen LogP contribution < -0.4 is 5.56 Å². The maximum absolute atomic E-state index is 13.3. The molecule has 1 aromatic heterocycles. The Hall–Kier alpha value is -1.32. The Morgan fingerprint density at radius 1 is 1.29 bits per heavy atom. The van der Waals surface area contributed by atoms with Gasteiger partial charge in [0.2, 0.25) is 10.5 Å². The van der Waals surface area contributed by atoms with Crippen molar-refractivity contribution in [3.8, 4) is 5.69 Å². The highest BCUT2D eigenvalue weighted by Gasteiger charge is 2.45. The molecule has 0 aliphatic carbocycles. The van der Waals surface area contributed by atoms with Gasteiger partial charge in [-0.15, -0.1) is 0 Å². The van der Waals surface area contributed by atoms with Crippen LogP contribution in [0.1, 0.15) is 11.7 Å². The standard InChI is InChI=1S/C15H11BrF3NO2S2/c1-24-14(23)22-12(15(17,18)19)11-3-2-8-20(13(11)21)10-6-4-9(16)5-7-10/h2-8,12H,1H3. The molecule has 0 aliphatic rings. The molecule has 1 atom stereocenters. The van der Waals surface area contributed by atoms with E-state index in [9.17, 15) is 18.0 Å². The molecule has 0 N–H and O–H groups in total. The van der Waals surface area contributed by atoms with Crippen LogP contribution in [0.2, 0.25) is 0 Å². The summed E-state index contributed by atoms with van der Waals surface area (Å²) in [7, 11) is 0. The van der Waals surface area contributed by atoms with Crippen molar-refractivity contribution in [3.63, 3.8) is 0 Å². The number of nitrogens with zero attached hydrogens (tertiary/aromatic N) is 1. The van der Waals surface area contributed by atoms with Crippen LogP contribution in [0.3, 0.4) is 0 Å². The SMILES string of the molecule is CSC(=S)OC(c1cccn(-c2ccc(Br)cc2)c1=O)C(F)(F)F. The van der Waals surface area contributed by atoms with Crippen molar-refractivity contribution < 1.29 is 17.9 Å². The molecule has 0 saturated carbocycles. The van der Waals surface area contributed by atoms with E-state index < -0.39 is 23.4 Å². The lowest BCUT2D eigenvalue weighted by Gasteiger charge is -2.21. The topological polar surface area (TPSA) is 31.2 Å². The largest absolute Gasteiger partial charge is 0.460 e. The van der Waals surface area contributed by atoms with Crippen LogP contribution in [0.15, 0.2) is 51.9 Å². The zero-order valence-electron chi connectivity index (χ0n) is 12.2. The number of hydrogen-bond donors (Lipinski definition) is 0. The number of benzene rings is 1. The van der Waals surface area contributed by atoms with Gasteiger partial charge in [0.1, 0.15) is 0 Å². The Morgan fingerprint density at radius 2 is 1.92 bits per heavy atom. The van der Waals surface area contributed by atoms with Gasteiger partial charge in [0.15, 0.2) is 0 Å². The second-order valence-corrected chi connectivity index (χ2v) is 6.93. The van der Waals surface area contributed by atoms with Crippen molar-refractivity contribution in [2.24, 2.45) is 0 Å². The number of ether oxygens (including phenoxy) is 1. The lowest BCUT2D eigenvalue weighted by Crippen LogP contribution is -2.32. The average molecular weight is 438 g/mol. The first-order valence-corrected chi connectivity index (χ1v) is 8.95. The molecular formula is C15H11BrF3NO2S2. The first-order chi connectivity index (χ1) is 11.2. The predicted octanol–water partition coefficient (Wildman–Crippen LogP) is 4.87. The Bertz CT molecular complexity index is 791. The second-order valence-electron chi connectivity index (χ2n) is 4.61. The van der Waals surface area contributed by atoms with E-state index in [0.29, 0.717) is 5.69 Å². The number of thiocarbonyl (C=S) groups is 1. The highest BCUT2D eigenvalue weighted by atomic mass is 79.9. The Morgan fingerprint density at radius 3 is 2.46 bits per heavy atom. The molecule has 1 unspecified atom stereocenters. The van der Waals surface area contributed by atoms with E-state index in [0.717, 1.165) is 26.9 Å². The fourth-order valence-electron chi connectivity index (χ4n) is 1.97. The first-order valence-electron chi connectivity index (χ1n) is 6.53. The lowest BCUT2D eigenvalue weighted by atomic mass is 10.1. The Kier molecular flexibility index (Phi) is 6.11. The fourth-order valence-corrected chi connectivity index (χ4v) is 2.52. The van der Waals surface area contributed by atoms with Gasteiger partial charge in [-0.1, -0.05) is 27.7 Å². The third kappa shape index (κ3) is 4.40. The predicted molar refractivity (Wildman–Crippen MR) is 95.7 cm³/mol. The van der Waals surface area contributed by atoms with E-state index >= 15 is 0 Å². The van der Waals surface area contributed by atoms with Crippen LogP contribution in [0.25, 0.3) is 5.69 Å². The molecule has 0 fully saturated rings. The van der Waals surface area contributed by atoms with Gasteiger partial charge in [-0.3, -0.25) is 9.36 Å². The molecule has 128 valence electrons. The summed E-state index contributed by atoms with van der Waals surface area (Å²) in [5.74, 6) is 0. The number of rotatable bonds is 3. The third-order valence-corrected chi connectivity index (χ3v) is 4.60. The van der Waals surface area contributed by atoms with E-state index in [1.54, 1.807) is 24.3 Å². The lowest BCUT2D eigenvalue weighted by molar-refractivity contribution is -0.200. The molecule has 24 heavy (non-hydrogen) atoms. The molecule has 0 spiro atoms. The van der Waals surface area contributed by atoms with E-state index in [4.69, 9.17) is 17.0 Å². The number of alkyl halides is 3. The number of halogens is 4. The van der Waals surface area contributed by atoms with Crippen molar-refractivity contribution in [1.82, 2.24) is 4.57 Å². The van der Waals surface area contributed by atoms with Crippen LogP contribution in [0, 0.1) is 0 Å². The summed E-state index contributed by atoms with van der Waals surface area (Å²) >= 11 is 8.84. The molecule has 2 aromatic rings. The molecule has 0 aliphatic heterocycles. The molecule has 9 heteroatoms. The van der Waals surface area contributed by atoms with E-state index in [2.05, 4.69) is 15.9 Å². The summed E-state index contributed by atoms with van der Waals surface area (Å²) in [4.78, 5) is 12.5. The van der Waals surface area contributed by atoms with E-state index in [1.165, 1.54) is 18.5 Å².